The zero-order valence-electron chi connectivity index (χ0n) is 31.6. The zero-order valence-corrected chi connectivity index (χ0v) is 31.6. The molecule has 0 radical (unpaired) electrons. The molecular weight excluding hydrogens is 688 g/mol. The van der Waals surface area contributed by atoms with Crippen LogP contribution in [0.5, 0.6) is 0 Å². The van der Waals surface area contributed by atoms with Crippen LogP contribution in [0.3, 0.4) is 0 Å². The van der Waals surface area contributed by atoms with E-state index in [1.54, 1.807) is 16.7 Å². The van der Waals surface area contributed by atoms with Crippen LogP contribution in [0, 0.1) is 11.8 Å². The third-order valence-electron chi connectivity index (χ3n) is 10.1. The SMILES string of the molecule is C=C1NCCCN(C(C)=O)CCC(C)C(C)N(C(C)=O)C(C)C(C)C(C)NC(=O)c2ccc(c(=O)n2O)C(=O)NC(C)NC(=O)c2ccc1n(O)c2=O. The Morgan fingerprint density at radius 2 is 1.25 bits per heavy atom. The van der Waals surface area contributed by atoms with E-state index in [2.05, 4.69) is 27.8 Å². The van der Waals surface area contributed by atoms with Gasteiger partial charge in [-0.3, -0.25) is 33.6 Å². The van der Waals surface area contributed by atoms with Gasteiger partial charge in [-0.2, -0.15) is 0 Å². The second kappa shape index (κ2) is 17.7. The number of pyridine rings is 2. The maximum absolute atomic E-state index is 13.2. The first-order valence-corrected chi connectivity index (χ1v) is 17.6. The van der Waals surface area contributed by atoms with Gasteiger partial charge in [-0.1, -0.05) is 20.4 Å². The lowest BCUT2D eigenvalue weighted by molar-refractivity contribution is -0.136. The Labute approximate surface area is 307 Å². The molecule has 0 spiro atoms. The lowest BCUT2D eigenvalue weighted by Gasteiger charge is -2.41. The molecule has 5 rings (SSSR count). The minimum atomic E-state index is -1.20. The number of carbonyl (C=O) groups excluding carboxylic acids is 5. The number of nitrogens with one attached hydrogen (secondary N) is 4. The van der Waals surface area contributed by atoms with Gasteiger partial charge in [0.1, 0.15) is 22.5 Å². The summed E-state index contributed by atoms with van der Waals surface area (Å²) in [5.41, 5.74) is -3.50. The number of hydrogen-bond acceptors (Lipinski definition) is 10. The van der Waals surface area contributed by atoms with Crippen LogP contribution in [0.25, 0.3) is 5.70 Å². The molecule has 0 aromatic carbocycles. The molecule has 0 saturated carbocycles. The first-order chi connectivity index (χ1) is 24.8. The molecular formula is C36H52N8O9. The normalized spacial score (nSPS) is 24.6. The van der Waals surface area contributed by atoms with Gasteiger partial charge < -0.3 is 41.5 Å². The summed E-state index contributed by atoms with van der Waals surface area (Å²) in [4.78, 5) is 94.0. The smallest absolute Gasteiger partial charge is 0.296 e. The summed E-state index contributed by atoms with van der Waals surface area (Å²) in [6.45, 7) is 18.8. The van der Waals surface area contributed by atoms with E-state index in [1.165, 1.54) is 32.9 Å². The first-order valence-electron chi connectivity index (χ1n) is 17.6. The summed E-state index contributed by atoms with van der Waals surface area (Å²) in [7, 11) is 0. The Kier molecular flexibility index (Phi) is 14.0. The number of fused-ring (bicyclic) bond motifs is 2. The lowest BCUT2D eigenvalue weighted by Crippen LogP contribution is -2.53. The van der Waals surface area contributed by atoms with Crippen molar-refractivity contribution in [3.8, 4) is 0 Å². The number of rotatable bonds is 0. The van der Waals surface area contributed by atoms with Gasteiger partial charge in [0.15, 0.2) is 0 Å². The number of carbonyl (C=O) groups is 5. The number of aromatic nitrogens is 2. The third kappa shape index (κ3) is 9.84. The van der Waals surface area contributed by atoms with Crippen molar-refractivity contribution >= 4 is 35.2 Å². The topological polar surface area (TPSA) is 224 Å². The minimum Gasteiger partial charge on any atom is -0.425 e. The number of amides is 5. The molecule has 6 N–H and O–H groups in total. The van der Waals surface area contributed by atoms with Gasteiger partial charge in [0.2, 0.25) is 11.8 Å². The molecule has 2 aromatic heterocycles. The van der Waals surface area contributed by atoms with Gasteiger partial charge in [-0.05, 0) is 76.6 Å². The van der Waals surface area contributed by atoms with E-state index in [0.717, 1.165) is 12.1 Å². The quantitative estimate of drug-likeness (QED) is 0.212. The van der Waals surface area contributed by atoms with Gasteiger partial charge >= 0.3 is 0 Å². The molecule has 17 nitrogen and oxygen atoms in total. The lowest BCUT2D eigenvalue weighted by atomic mass is 9.90. The van der Waals surface area contributed by atoms with E-state index in [9.17, 15) is 44.0 Å². The summed E-state index contributed by atoms with van der Waals surface area (Å²) in [5.74, 6) is -3.33. The Morgan fingerprint density at radius 3 is 1.77 bits per heavy atom. The Bertz CT molecular complexity index is 1850. The maximum atomic E-state index is 13.2. The van der Waals surface area contributed by atoms with Crippen LogP contribution < -0.4 is 32.4 Å². The maximum Gasteiger partial charge on any atom is 0.296 e. The fourth-order valence-corrected chi connectivity index (χ4v) is 6.32. The average molecular weight is 741 g/mol. The predicted molar refractivity (Wildman–Crippen MR) is 195 cm³/mol. The van der Waals surface area contributed by atoms with Crippen molar-refractivity contribution in [3.05, 3.63) is 74.1 Å². The Morgan fingerprint density at radius 1 is 0.717 bits per heavy atom. The molecule has 6 atom stereocenters. The van der Waals surface area contributed by atoms with E-state index < -0.39 is 57.9 Å². The highest BCUT2D eigenvalue weighted by Gasteiger charge is 2.33. The monoisotopic (exact) mass is 740 g/mol. The molecule has 17 heteroatoms. The van der Waals surface area contributed by atoms with Crippen molar-refractivity contribution in [2.45, 2.75) is 92.5 Å². The van der Waals surface area contributed by atoms with Gasteiger partial charge in [0, 0.05) is 51.6 Å². The second-order valence-electron chi connectivity index (χ2n) is 13.7. The fourth-order valence-electron chi connectivity index (χ4n) is 6.32. The first kappa shape index (κ1) is 41.8. The van der Waals surface area contributed by atoms with Crippen molar-refractivity contribution in [1.29, 1.82) is 0 Å². The molecule has 5 amide bonds. The average Bonchev–Trinajstić information content (AvgIpc) is 3.08. The van der Waals surface area contributed by atoms with Gasteiger partial charge in [0.25, 0.3) is 28.8 Å². The zero-order chi connectivity index (χ0) is 39.9. The summed E-state index contributed by atoms with van der Waals surface area (Å²) in [6.07, 6.45) is -0.0362. The summed E-state index contributed by atoms with van der Waals surface area (Å²) < 4.78 is 0.318. The number of hydrogen-bond donors (Lipinski definition) is 6. The van der Waals surface area contributed by atoms with Crippen molar-refractivity contribution in [2.24, 2.45) is 11.8 Å². The van der Waals surface area contributed by atoms with Crippen LogP contribution in [0.15, 0.2) is 40.4 Å². The fraction of sp³-hybridized carbons (Fsp3) is 0.528. The molecule has 3 aliphatic heterocycles. The molecule has 0 fully saturated rings. The third-order valence-corrected chi connectivity index (χ3v) is 10.1. The van der Waals surface area contributed by atoms with Crippen molar-refractivity contribution in [2.75, 3.05) is 19.6 Å². The van der Waals surface area contributed by atoms with Gasteiger partial charge in [-0.25, -0.2) is 0 Å². The summed E-state index contributed by atoms with van der Waals surface area (Å²) in [5, 5.41) is 31.7. The number of nitrogens with zero attached hydrogens (tertiary/aromatic N) is 4. The molecule has 2 aromatic rings. The Hall–Kier alpha value is -5.61. The summed E-state index contributed by atoms with van der Waals surface area (Å²) >= 11 is 0. The highest BCUT2D eigenvalue weighted by atomic mass is 16.5. The van der Waals surface area contributed by atoms with Crippen LogP contribution in [-0.4, -0.2) is 103 Å². The van der Waals surface area contributed by atoms with Crippen molar-refractivity contribution in [3.63, 3.8) is 0 Å². The molecule has 290 valence electrons. The van der Waals surface area contributed by atoms with E-state index >= 15 is 0 Å². The molecule has 6 unspecified atom stereocenters. The highest BCUT2D eigenvalue weighted by molar-refractivity contribution is 5.97. The standard InChI is InChI=1S/C36H52N8O9/c1-19-15-18-41(26(8)45)17-10-16-37-22(4)30-13-11-28(35(50)43(30)52)32(47)39-25(7)40-33(48)29-12-14-31(44(53)36(29)51)34(49)38-21(3)20(2)24(6)42(23(19)5)27(9)46/h11-14,19-21,23-25,37,52-53H,4,10,15-18H2,1-3,5-9H3,(H,38,49)(H,39,47)(H,40,48). The highest BCUT2D eigenvalue weighted by Crippen LogP contribution is 2.24. The Balaban J connectivity index is 1.96. The van der Waals surface area contributed by atoms with Crippen LogP contribution >= 0.6 is 0 Å². The molecule has 53 heavy (non-hydrogen) atoms. The van der Waals surface area contributed by atoms with E-state index in [4.69, 9.17) is 0 Å². The predicted octanol–water partition coefficient (Wildman–Crippen LogP) is 1.21. The van der Waals surface area contributed by atoms with E-state index in [-0.39, 0.29) is 56.6 Å². The van der Waals surface area contributed by atoms with E-state index in [0.29, 0.717) is 32.5 Å². The van der Waals surface area contributed by atoms with Crippen LogP contribution in [-0.2, 0) is 9.59 Å². The van der Waals surface area contributed by atoms with E-state index in [1.807, 2.05) is 27.7 Å². The largest absolute Gasteiger partial charge is 0.425 e. The molecule has 4 bridgehead atoms. The molecule has 0 aliphatic carbocycles. The van der Waals surface area contributed by atoms with Crippen LogP contribution in [0.1, 0.15) is 105 Å². The second-order valence-corrected chi connectivity index (χ2v) is 13.7. The van der Waals surface area contributed by atoms with Gasteiger partial charge in [0.05, 0.1) is 11.9 Å². The van der Waals surface area contributed by atoms with Crippen LogP contribution in [0.4, 0.5) is 0 Å². The van der Waals surface area contributed by atoms with Crippen molar-refractivity contribution < 1.29 is 34.4 Å². The molecule has 5 heterocycles. The van der Waals surface area contributed by atoms with Crippen LogP contribution in [0.2, 0.25) is 0 Å². The van der Waals surface area contributed by atoms with Gasteiger partial charge in [-0.15, -0.1) is 9.46 Å². The minimum absolute atomic E-state index is 0.00604. The molecule has 0 saturated heterocycles. The molecule has 3 aliphatic rings. The summed E-state index contributed by atoms with van der Waals surface area (Å²) in [6, 6.07) is 3.52. The van der Waals surface area contributed by atoms with Crippen molar-refractivity contribution in [1.82, 2.24) is 40.5 Å².